The molecule has 0 saturated carbocycles. The van der Waals surface area contributed by atoms with Gasteiger partial charge in [0.1, 0.15) is 0 Å². The van der Waals surface area contributed by atoms with Gasteiger partial charge in [-0.3, -0.25) is 0 Å². The first kappa shape index (κ1) is 17.9. The van der Waals surface area contributed by atoms with Crippen molar-refractivity contribution in [3.63, 3.8) is 0 Å². The summed E-state index contributed by atoms with van der Waals surface area (Å²) < 4.78 is 26.7. The molecule has 0 aliphatic carbocycles. The summed E-state index contributed by atoms with van der Waals surface area (Å²) in [6.45, 7) is 14.8. The van der Waals surface area contributed by atoms with Crippen LogP contribution in [0.15, 0.2) is 0 Å². The molecule has 0 amide bonds. The smallest absolute Gasteiger partial charge is 0.218 e. The van der Waals surface area contributed by atoms with Crippen LogP contribution < -0.4 is 5.32 Å². The molecule has 5 nitrogen and oxygen atoms in total. The molecule has 1 saturated heterocycles. The summed E-state index contributed by atoms with van der Waals surface area (Å²) in [5, 5.41) is 2.85. The van der Waals surface area contributed by atoms with Gasteiger partial charge in [0.05, 0.1) is 5.25 Å². The quantitative estimate of drug-likeness (QED) is 0.762. The van der Waals surface area contributed by atoms with E-state index in [0.29, 0.717) is 31.6 Å². The number of hydrogen-bond acceptors (Lipinski definition) is 4. The van der Waals surface area contributed by atoms with Gasteiger partial charge in [0.2, 0.25) is 10.0 Å². The third kappa shape index (κ3) is 5.31. The molecule has 20 heavy (non-hydrogen) atoms. The summed E-state index contributed by atoms with van der Waals surface area (Å²) in [6.07, 6.45) is 0. The molecule has 1 unspecified atom stereocenters. The number of rotatable bonds is 7. The molecular formula is C14H31N3O2S. The highest BCUT2D eigenvalue weighted by molar-refractivity contribution is 7.89. The van der Waals surface area contributed by atoms with Gasteiger partial charge in [-0.15, -0.1) is 0 Å². The first-order valence-corrected chi connectivity index (χ1v) is 9.18. The van der Waals surface area contributed by atoms with Gasteiger partial charge in [-0.2, -0.15) is 4.31 Å². The molecule has 0 bridgehead atoms. The summed E-state index contributed by atoms with van der Waals surface area (Å²) in [7, 11) is -3.17. The van der Waals surface area contributed by atoms with Crippen LogP contribution in [0.4, 0.5) is 0 Å². The van der Waals surface area contributed by atoms with Crippen LogP contribution in [0.2, 0.25) is 0 Å². The Hall–Kier alpha value is -0.170. The highest BCUT2D eigenvalue weighted by Gasteiger charge is 2.31. The van der Waals surface area contributed by atoms with Gasteiger partial charge < -0.3 is 10.2 Å². The molecule has 0 aromatic rings. The fourth-order valence-corrected chi connectivity index (χ4v) is 3.93. The lowest BCUT2D eigenvalue weighted by Gasteiger charge is -2.36. The Morgan fingerprint density at radius 3 is 2.00 bits per heavy atom. The van der Waals surface area contributed by atoms with Crippen LogP contribution in [0.3, 0.4) is 0 Å². The summed E-state index contributed by atoms with van der Waals surface area (Å²) in [6, 6.07) is 0.315. The minimum absolute atomic E-state index is 0.315. The van der Waals surface area contributed by atoms with Gasteiger partial charge in [0, 0.05) is 45.3 Å². The Labute approximate surface area is 124 Å². The number of nitrogens with zero attached hydrogens (tertiary/aromatic N) is 2. The predicted octanol–water partition coefficient (Wildman–Crippen LogP) is 0.976. The third-order valence-electron chi connectivity index (χ3n) is 3.64. The van der Waals surface area contributed by atoms with Gasteiger partial charge in [0.25, 0.3) is 0 Å². The van der Waals surface area contributed by atoms with Crippen molar-refractivity contribution in [2.45, 2.75) is 45.9 Å². The molecule has 1 heterocycles. The average molecular weight is 305 g/mol. The minimum atomic E-state index is -3.17. The lowest BCUT2D eigenvalue weighted by atomic mass is 10.2. The molecular weight excluding hydrogens is 274 g/mol. The van der Waals surface area contributed by atoms with Crippen molar-refractivity contribution in [3.05, 3.63) is 0 Å². The topological polar surface area (TPSA) is 52.7 Å². The molecule has 1 aliphatic heterocycles. The Morgan fingerprint density at radius 2 is 1.55 bits per heavy atom. The summed E-state index contributed by atoms with van der Waals surface area (Å²) in [4.78, 5) is 2.35. The molecule has 0 aromatic carbocycles. The number of piperazine rings is 1. The van der Waals surface area contributed by atoms with Crippen LogP contribution in [0.1, 0.15) is 34.6 Å². The maximum atomic E-state index is 12.5. The van der Waals surface area contributed by atoms with Crippen LogP contribution in [0.25, 0.3) is 0 Å². The van der Waals surface area contributed by atoms with Gasteiger partial charge in [0.15, 0.2) is 0 Å². The number of hydrogen-bond donors (Lipinski definition) is 1. The summed E-state index contributed by atoms with van der Waals surface area (Å²) in [5.74, 6) is 0.632. The van der Waals surface area contributed by atoms with E-state index in [0.717, 1.165) is 19.6 Å². The monoisotopic (exact) mass is 305 g/mol. The van der Waals surface area contributed by atoms with Crippen LogP contribution >= 0.6 is 0 Å². The standard InChI is InChI=1S/C14H31N3O2S/c1-12(2)11-16-6-8-17(9-7-16)20(18,19)14(5)10-15-13(3)4/h12-15H,6-11H2,1-5H3. The van der Waals surface area contributed by atoms with E-state index < -0.39 is 10.0 Å². The van der Waals surface area contributed by atoms with E-state index in [1.54, 1.807) is 11.2 Å². The van der Waals surface area contributed by atoms with Crippen molar-refractivity contribution < 1.29 is 8.42 Å². The Balaban J connectivity index is 2.49. The molecule has 0 spiro atoms. The Kier molecular flexibility index (Phi) is 6.91. The van der Waals surface area contributed by atoms with Crippen molar-refractivity contribution >= 4 is 10.0 Å². The average Bonchev–Trinajstić information content (AvgIpc) is 2.35. The Bertz CT molecular complexity index is 374. The SMILES string of the molecule is CC(C)CN1CCN(S(=O)(=O)C(C)CNC(C)C)CC1. The molecule has 0 radical (unpaired) electrons. The lowest BCUT2D eigenvalue weighted by Crippen LogP contribution is -2.52. The fourth-order valence-electron chi connectivity index (χ4n) is 2.44. The van der Waals surface area contributed by atoms with Crippen LogP contribution in [0.5, 0.6) is 0 Å². The van der Waals surface area contributed by atoms with Crippen LogP contribution in [-0.2, 0) is 10.0 Å². The zero-order chi connectivity index (χ0) is 15.3. The molecule has 0 aromatic heterocycles. The van der Waals surface area contributed by atoms with E-state index in [-0.39, 0.29) is 5.25 Å². The van der Waals surface area contributed by atoms with Crippen molar-refractivity contribution in [1.82, 2.24) is 14.5 Å². The molecule has 1 N–H and O–H groups in total. The normalized spacial score (nSPS) is 20.8. The number of sulfonamides is 1. The summed E-state index contributed by atoms with van der Waals surface area (Å²) >= 11 is 0. The van der Waals surface area contributed by atoms with E-state index >= 15 is 0 Å². The molecule has 1 aliphatic rings. The molecule has 120 valence electrons. The minimum Gasteiger partial charge on any atom is -0.313 e. The van der Waals surface area contributed by atoms with Crippen LogP contribution in [0, 0.1) is 5.92 Å². The van der Waals surface area contributed by atoms with Gasteiger partial charge in [-0.25, -0.2) is 8.42 Å². The van der Waals surface area contributed by atoms with E-state index in [1.807, 2.05) is 13.8 Å². The molecule has 1 fully saturated rings. The first-order chi connectivity index (χ1) is 9.23. The van der Waals surface area contributed by atoms with E-state index in [2.05, 4.69) is 24.1 Å². The van der Waals surface area contributed by atoms with Crippen molar-refractivity contribution in [3.8, 4) is 0 Å². The largest absolute Gasteiger partial charge is 0.313 e. The van der Waals surface area contributed by atoms with Crippen molar-refractivity contribution in [2.75, 3.05) is 39.3 Å². The maximum Gasteiger partial charge on any atom is 0.218 e. The summed E-state index contributed by atoms with van der Waals surface area (Å²) in [5.41, 5.74) is 0. The highest BCUT2D eigenvalue weighted by Crippen LogP contribution is 2.13. The third-order valence-corrected chi connectivity index (χ3v) is 5.91. The van der Waals surface area contributed by atoms with E-state index in [4.69, 9.17) is 0 Å². The second-order valence-electron chi connectivity index (χ2n) is 6.51. The second kappa shape index (κ2) is 7.73. The molecule has 1 atom stereocenters. The second-order valence-corrected chi connectivity index (χ2v) is 8.86. The van der Waals surface area contributed by atoms with Crippen LogP contribution in [-0.4, -0.2) is 68.2 Å². The lowest BCUT2D eigenvalue weighted by molar-refractivity contribution is 0.171. The Morgan fingerprint density at radius 1 is 1.00 bits per heavy atom. The molecule has 1 rings (SSSR count). The van der Waals surface area contributed by atoms with E-state index in [1.165, 1.54) is 0 Å². The molecule has 6 heteroatoms. The predicted molar refractivity (Wildman–Crippen MR) is 84.4 cm³/mol. The first-order valence-electron chi connectivity index (χ1n) is 7.68. The van der Waals surface area contributed by atoms with Gasteiger partial charge >= 0.3 is 0 Å². The number of nitrogens with one attached hydrogen (secondary N) is 1. The maximum absolute atomic E-state index is 12.5. The fraction of sp³-hybridized carbons (Fsp3) is 1.00. The van der Waals surface area contributed by atoms with Crippen molar-refractivity contribution in [1.29, 1.82) is 0 Å². The van der Waals surface area contributed by atoms with E-state index in [9.17, 15) is 8.42 Å². The zero-order valence-electron chi connectivity index (χ0n) is 13.6. The zero-order valence-corrected chi connectivity index (χ0v) is 14.4. The highest BCUT2D eigenvalue weighted by atomic mass is 32.2. The van der Waals surface area contributed by atoms with Gasteiger partial charge in [-0.05, 0) is 12.8 Å². The van der Waals surface area contributed by atoms with Crippen molar-refractivity contribution in [2.24, 2.45) is 5.92 Å². The van der Waals surface area contributed by atoms with Gasteiger partial charge in [-0.1, -0.05) is 27.7 Å².